The summed E-state index contributed by atoms with van der Waals surface area (Å²) >= 11 is 1.36. The molecule has 0 bridgehead atoms. The lowest BCUT2D eigenvalue weighted by atomic mass is 9.92. The van der Waals surface area contributed by atoms with Gasteiger partial charge in [0.05, 0.1) is 5.69 Å². The molecule has 1 aliphatic carbocycles. The summed E-state index contributed by atoms with van der Waals surface area (Å²) in [5.41, 5.74) is 9.48. The zero-order valence-electron chi connectivity index (χ0n) is 16.6. The fraction of sp³-hybridized carbons (Fsp3) is 0.208. The average Bonchev–Trinajstić information content (AvgIpc) is 3.47. The van der Waals surface area contributed by atoms with Crippen LogP contribution in [0.4, 0.5) is 4.39 Å². The van der Waals surface area contributed by atoms with Crippen LogP contribution in [0.5, 0.6) is 0 Å². The summed E-state index contributed by atoms with van der Waals surface area (Å²) in [5, 5.41) is 9.50. The number of nitrogens with zero attached hydrogens (tertiary/aromatic N) is 2. The van der Waals surface area contributed by atoms with E-state index in [2.05, 4.69) is 29.2 Å². The zero-order valence-corrected chi connectivity index (χ0v) is 17.4. The molecule has 0 unspecified atom stereocenters. The van der Waals surface area contributed by atoms with Crippen molar-refractivity contribution in [3.63, 3.8) is 0 Å². The Morgan fingerprint density at radius 3 is 2.58 bits per heavy atom. The number of nitrogens with two attached hydrogens (primary N) is 1. The number of carbonyl (C=O) groups is 1. The van der Waals surface area contributed by atoms with Crippen molar-refractivity contribution in [3.8, 4) is 10.6 Å². The minimum atomic E-state index is -1.11. The monoisotopic (exact) mass is 433 g/mol. The highest BCUT2D eigenvalue weighted by atomic mass is 32.1. The van der Waals surface area contributed by atoms with Crippen LogP contribution < -0.4 is 5.73 Å². The van der Waals surface area contributed by atoms with Gasteiger partial charge < -0.3 is 10.8 Å². The van der Waals surface area contributed by atoms with Crippen LogP contribution in [0.25, 0.3) is 20.9 Å². The first-order valence-electron chi connectivity index (χ1n) is 10.1. The molecule has 5 nitrogen and oxygen atoms in total. The molecule has 0 radical (unpaired) electrons. The van der Waals surface area contributed by atoms with Gasteiger partial charge in [0, 0.05) is 11.0 Å². The molecule has 156 valence electrons. The smallest absolute Gasteiger partial charge is 0.320 e. The quantitative estimate of drug-likeness (QED) is 0.466. The van der Waals surface area contributed by atoms with Crippen LogP contribution in [0.3, 0.4) is 0 Å². The van der Waals surface area contributed by atoms with Crippen molar-refractivity contribution in [2.75, 3.05) is 0 Å². The molecule has 1 aliphatic rings. The van der Waals surface area contributed by atoms with E-state index in [1.165, 1.54) is 23.0 Å². The lowest BCUT2D eigenvalue weighted by Crippen LogP contribution is -2.32. The molecule has 31 heavy (non-hydrogen) atoms. The van der Waals surface area contributed by atoms with Gasteiger partial charge in [0.1, 0.15) is 27.2 Å². The number of fused-ring (bicyclic) bond motifs is 1. The molecule has 7 heteroatoms. The first-order chi connectivity index (χ1) is 15.0. The minimum Gasteiger partial charge on any atom is -0.480 e. The first kappa shape index (κ1) is 19.8. The number of rotatable bonds is 6. The Hall–Kier alpha value is -3.16. The van der Waals surface area contributed by atoms with E-state index in [0.717, 1.165) is 28.9 Å². The summed E-state index contributed by atoms with van der Waals surface area (Å²) in [6.45, 7) is 0. The maximum atomic E-state index is 14.8. The highest BCUT2D eigenvalue weighted by Gasteiger charge is 2.47. The Labute approximate surface area is 182 Å². The highest BCUT2D eigenvalue weighted by molar-refractivity contribution is 7.21. The number of pyridine rings is 1. The van der Waals surface area contributed by atoms with Gasteiger partial charge >= 0.3 is 5.97 Å². The fourth-order valence-corrected chi connectivity index (χ4v) is 4.94. The number of halogens is 1. The second kappa shape index (κ2) is 7.51. The molecule has 1 fully saturated rings. The third-order valence-electron chi connectivity index (χ3n) is 5.86. The molecule has 1 saturated carbocycles. The molecule has 3 N–H and O–H groups in total. The minimum absolute atomic E-state index is 0.0323. The maximum Gasteiger partial charge on any atom is 0.320 e. The van der Waals surface area contributed by atoms with Crippen molar-refractivity contribution in [1.82, 2.24) is 9.97 Å². The summed E-state index contributed by atoms with van der Waals surface area (Å²) in [5.74, 6) is -1.56. The zero-order chi connectivity index (χ0) is 21.6. The van der Waals surface area contributed by atoms with Crippen LogP contribution in [0, 0.1) is 5.82 Å². The predicted molar refractivity (Wildman–Crippen MR) is 119 cm³/mol. The van der Waals surface area contributed by atoms with E-state index < -0.39 is 17.8 Å². The summed E-state index contributed by atoms with van der Waals surface area (Å²) in [6, 6.07) is 18.0. The molecule has 0 spiro atoms. The summed E-state index contributed by atoms with van der Waals surface area (Å²) in [6.07, 6.45) is 2.20. The summed E-state index contributed by atoms with van der Waals surface area (Å²) < 4.78 is 14.8. The van der Waals surface area contributed by atoms with Gasteiger partial charge in [-0.1, -0.05) is 47.7 Å². The van der Waals surface area contributed by atoms with E-state index in [-0.39, 0.29) is 11.8 Å². The van der Waals surface area contributed by atoms with E-state index in [0.29, 0.717) is 16.1 Å². The van der Waals surface area contributed by atoms with E-state index in [9.17, 15) is 9.18 Å². The summed E-state index contributed by atoms with van der Waals surface area (Å²) in [7, 11) is 0. The van der Waals surface area contributed by atoms with Gasteiger partial charge in [-0.3, -0.25) is 4.79 Å². The molecule has 4 aromatic rings. The van der Waals surface area contributed by atoms with Crippen molar-refractivity contribution >= 4 is 27.7 Å². The molecule has 2 aromatic heterocycles. The first-order valence-corrected chi connectivity index (χ1v) is 10.9. The molecule has 5 rings (SSSR count). The molecule has 0 amide bonds. The van der Waals surface area contributed by atoms with Gasteiger partial charge in [-0.25, -0.2) is 14.4 Å². The lowest BCUT2D eigenvalue weighted by Gasteiger charge is -2.14. The Morgan fingerprint density at radius 1 is 1.13 bits per heavy atom. The Bertz CT molecular complexity index is 1280. The van der Waals surface area contributed by atoms with Crippen LogP contribution in [0.15, 0.2) is 60.7 Å². The van der Waals surface area contributed by atoms with Gasteiger partial charge in [0.25, 0.3) is 0 Å². The highest BCUT2D eigenvalue weighted by Crippen LogP contribution is 2.53. The molecule has 0 saturated heterocycles. The number of benzene rings is 2. The normalized spacial score (nSPS) is 15.7. The van der Waals surface area contributed by atoms with Crippen molar-refractivity contribution < 1.29 is 14.3 Å². The van der Waals surface area contributed by atoms with Crippen LogP contribution in [0.2, 0.25) is 0 Å². The van der Waals surface area contributed by atoms with E-state index in [1.54, 1.807) is 12.1 Å². The third-order valence-corrected chi connectivity index (χ3v) is 6.86. The van der Waals surface area contributed by atoms with E-state index in [4.69, 9.17) is 15.8 Å². The molecule has 1 atom stereocenters. The Kier molecular flexibility index (Phi) is 4.79. The Balaban J connectivity index is 1.47. The second-order valence-electron chi connectivity index (χ2n) is 7.95. The van der Waals surface area contributed by atoms with Crippen LogP contribution in [-0.4, -0.2) is 27.1 Å². The van der Waals surface area contributed by atoms with Gasteiger partial charge in [0.2, 0.25) is 0 Å². The average molecular weight is 434 g/mol. The maximum absolute atomic E-state index is 14.8. The molecular formula is C24H20FN3O2S. The lowest BCUT2D eigenvalue weighted by molar-refractivity contribution is -0.138. The van der Waals surface area contributed by atoms with E-state index >= 15 is 0 Å². The topological polar surface area (TPSA) is 89.1 Å². The second-order valence-corrected chi connectivity index (χ2v) is 8.93. The Morgan fingerprint density at radius 2 is 1.90 bits per heavy atom. The predicted octanol–water partition coefficient (Wildman–Crippen LogP) is 4.53. The van der Waals surface area contributed by atoms with Crippen LogP contribution >= 0.6 is 11.3 Å². The third kappa shape index (κ3) is 3.60. The van der Waals surface area contributed by atoms with Crippen molar-refractivity contribution in [2.24, 2.45) is 5.73 Å². The van der Waals surface area contributed by atoms with Crippen molar-refractivity contribution in [3.05, 3.63) is 83.3 Å². The van der Waals surface area contributed by atoms with Gasteiger partial charge in [-0.15, -0.1) is 0 Å². The van der Waals surface area contributed by atoms with E-state index in [1.807, 2.05) is 18.2 Å². The van der Waals surface area contributed by atoms with Crippen LogP contribution in [-0.2, 0) is 16.6 Å². The number of carboxylic acids is 1. The number of hydrogen-bond acceptors (Lipinski definition) is 5. The van der Waals surface area contributed by atoms with Gasteiger partial charge in [0.15, 0.2) is 0 Å². The number of thiazole rings is 1. The number of hydrogen-bond donors (Lipinski definition) is 2. The fourth-order valence-electron chi connectivity index (χ4n) is 3.97. The molecule has 2 aromatic carbocycles. The van der Waals surface area contributed by atoms with Crippen LogP contribution in [0.1, 0.15) is 29.7 Å². The van der Waals surface area contributed by atoms with Gasteiger partial charge in [-0.05, 0) is 54.7 Å². The van der Waals surface area contributed by atoms with Crippen molar-refractivity contribution in [1.29, 1.82) is 0 Å². The number of carboxylic acid groups (broad SMARTS) is 1. The van der Waals surface area contributed by atoms with Gasteiger partial charge in [-0.2, -0.15) is 0 Å². The molecule has 0 aliphatic heterocycles. The standard InChI is InChI=1S/C24H20FN3O2S/c25-17-12-14(13-18(26)23(29)30)6-7-16(17)21-27-19-8-9-20(28-22(19)31-21)24(10-11-24)15-4-2-1-3-5-15/h1-9,12,18H,10-11,13,26H2,(H,29,30)/t18-/m0/s1. The molecule has 2 heterocycles. The number of aliphatic carboxylic acids is 1. The van der Waals surface area contributed by atoms with Crippen molar-refractivity contribution in [2.45, 2.75) is 30.7 Å². The SMILES string of the molecule is N[C@@H](Cc1ccc(-c2nc3ccc(C4(c5ccccc5)CC4)nc3s2)c(F)c1)C(=O)O. The largest absolute Gasteiger partial charge is 0.480 e. The molecular weight excluding hydrogens is 413 g/mol. The summed E-state index contributed by atoms with van der Waals surface area (Å²) in [4.78, 5) is 21.2. The number of aromatic nitrogens is 2.